The second-order valence-corrected chi connectivity index (χ2v) is 4.25. The average molecular weight is 301 g/mol. The number of nitrogens with zero attached hydrogens (tertiary/aromatic N) is 2. The lowest BCUT2D eigenvalue weighted by Crippen LogP contribution is -2.17. The Bertz CT molecular complexity index is 758. The Labute approximate surface area is 124 Å². The van der Waals surface area contributed by atoms with Gasteiger partial charge in [0, 0.05) is 23.3 Å². The minimum atomic E-state index is -0.609. The highest BCUT2D eigenvalue weighted by molar-refractivity contribution is 5.95. The van der Waals surface area contributed by atoms with Gasteiger partial charge in [-0.25, -0.2) is 5.43 Å². The Morgan fingerprint density at radius 3 is 2.68 bits per heavy atom. The maximum Gasteiger partial charge on any atom is 0.271 e. The molecule has 0 atom stereocenters. The summed E-state index contributed by atoms with van der Waals surface area (Å²) >= 11 is 0. The van der Waals surface area contributed by atoms with Crippen LogP contribution >= 0.6 is 0 Å². The van der Waals surface area contributed by atoms with Crippen LogP contribution in [0.15, 0.2) is 47.6 Å². The minimum absolute atomic E-state index is 0.0621. The normalized spacial score (nSPS) is 10.5. The standard InChI is InChI=1S/C14H11N3O5/c18-12-3-1-2-9(7-12)14(20)16-15-8-10-6-11(17(21)22)4-5-13(10)19/h1-8,18-19H,(H,16,20)/b15-8+. The van der Waals surface area contributed by atoms with Crippen LogP contribution in [0.2, 0.25) is 0 Å². The molecule has 22 heavy (non-hydrogen) atoms. The van der Waals surface area contributed by atoms with E-state index in [1.54, 1.807) is 0 Å². The van der Waals surface area contributed by atoms with E-state index in [9.17, 15) is 25.1 Å². The summed E-state index contributed by atoms with van der Waals surface area (Å²) in [7, 11) is 0. The zero-order chi connectivity index (χ0) is 16.1. The summed E-state index contributed by atoms with van der Waals surface area (Å²) in [5, 5.41) is 33.1. The summed E-state index contributed by atoms with van der Waals surface area (Å²) in [6.45, 7) is 0. The number of nitrogens with one attached hydrogen (secondary N) is 1. The second-order valence-electron chi connectivity index (χ2n) is 4.25. The van der Waals surface area contributed by atoms with Gasteiger partial charge in [0.05, 0.1) is 11.1 Å². The topological polar surface area (TPSA) is 125 Å². The Morgan fingerprint density at radius 2 is 2.00 bits per heavy atom. The van der Waals surface area contributed by atoms with Crippen molar-refractivity contribution in [2.45, 2.75) is 0 Å². The summed E-state index contributed by atoms with van der Waals surface area (Å²) in [4.78, 5) is 21.8. The fraction of sp³-hybridized carbons (Fsp3) is 0. The third-order valence-electron chi connectivity index (χ3n) is 2.70. The van der Waals surface area contributed by atoms with Crippen molar-refractivity contribution < 1.29 is 19.9 Å². The number of hydrogen-bond acceptors (Lipinski definition) is 6. The molecule has 2 rings (SSSR count). The van der Waals surface area contributed by atoms with Crippen LogP contribution in [-0.4, -0.2) is 27.3 Å². The van der Waals surface area contributed by atoms with E-state index in [0.29, 0.717) is 0 Å². The molecule has 8 heteroatoms. The van der Waals surface area contributed by atoms with Gasteiger partial charge in [-0.05, 0) is 24.3 Å². The molecule has 1 amide bonds. The maximum atomic E-state index is 11.7. The van der Waals surface area contributed by atoms with E-state index in [-0.39, 0.29) is 28.3 Å². The number of benzene rings is 2. The van der Waals surface area contributed by atoms with Gasteiger partial charge in [-0.1, -0.05) is 6.07 Å². The number of non-ortho nitro benzene ring substituents is 1. The number of aromatic hydroxyl groups is 2. The van der Waals surface area contributed by atoms with Crippen LogP contribution in [0.25, 0.3) is 0 Å². The van der Waals surface area contributed by atoms with E-state index in [4.69, 9.17) is 0 Å². The van der Waals surface area contributed by atoms with E-state index in [1.165, 1.54) is 24.3 Å². The van der Waals surface area contributed by atoms with E-state index in [2.05, 4.69) is 10.5 Å². The fourth-order valence-electron chi connectivity index (χ4n) is 1.63. The zero-order valence-electron chi connectivity index (χ0n) is 11.1. The molecule has 0 saturated heterocycles. The van der Waals surface area contributed by atoms with Crippen LogP contribution in [0.5, 0.6) is 11.5 Å². The number of carbonyl (C=O) groups is 1. The van der Waals surface area contributed by atoms with Gasteiger partial charge in [0.15, 0.2) is 0 Å². The number of nitro benzene ring substituents is 1. The van der Waals surface area contributed by atoms with Gasteiger partial charge in [-0.15, -0.1) is 0 Å². The molecular weight excluding hydrogens is 290 g/mol. The highest BCUT2D eigenvalue weighted by Gasteiger charge is 2.09. The molecule has 0 aliphatic carbocycles. The van der Waals surface area contributed by atoms with Crippen LogP contribution in [-0.2, 0) is 0 Å². The molecule has 112 valence electrons. The van der Waals surface area contributed by atoms with Crippen molar-refractivity contribution >= 4 is 17.8 Å². The molecular formula is C14H11N3O5. The lowest BCUT2D eigenvalue weighted by molar-refractivity contribution is -0.384. The van der Waals surface area contributed by atoms with Crippen LogP contribution in [0, 0.1) is 10.1 Å². The minimum Gasteiger partial charge on any atom is -0.508 e. The third-order valence-corrected chi connectivity index (χ3v) is 2.70. The Hall–Kier alpha value is -3.42. The molecule has 8 nitrogen and oxygen atoms in total. The molecule has 0 unspecified atom stereocenters. The molecule has 2 aromatic rings. The van der Waals surface area contributed by atoms with Gasteiger partial charge < -0.3 is 10.2 Å². The van der Waals surface area contributed by atoms with Gasteiger partial charge in [0.25, 0.3) is 11.6 Å². The predicted molar refractivity (Wildman–Crippen MR) is 77.9 cm³/mol. The fourth-order valence-corrected chi connectivity index (χ4v) is 1.63. The molecule has 0 aliphatic heterocycles. The molecule has 0 aliphatic rings. The zero-order valence-corrected chi connectivity index (χ0v) is 11.1. The van der Waals surface area contributed by atoms with Crippen LogP contribution < -0.4 is 5.43 Å². The highest BCUT2D eigenvalue weighted by atomic mass is 16.6. The quantitative estimate of drug-likeness (QED) is 0.451. The summed E-state index contributed by atoms with van der Waals surface area (Å²) < 4.78 is 0. The smallest absolute Gasteiger partial charge is 0.271 e. The van der Waals surface area contributed by atoms with Crippen molar-refractivity contribution in [1.82, 2.24) is 5.43 Å². The first-order valence-electron chi connectivity index (χ1n) is 6.07. The number of phenols is 2. The largest absolute Gasteiger partial charge is 0.508 e. The van der Waals surface area contributed by atoms with Gasteiger partial charge >= 0.3 is 0 Å². The van der Waals surface area contributed by atoms with Crippen LogP contribution in [0.4, 0.5) is 5.69 Å². The van der Waals surface area contributed by atoms with Crippen molar-refractivity contribution in [2.75, 3.05) is 0 Å². The second kappa shape index (κ2) is 6.35. The summed E-state index contributed by atoms with van der Waals surface area (Å²) in [5.74, 6) is -0.842. The maximum absolute atomic E-state index is 11.7. The van der Waals surface area contributed by atoms with Crippen LogP contribution in [0.1, 0.15) is 15.9 Å². The lowest BCUT2D eigenvalue weighted by atomic mass is 10.2. The number of hydrazone groups is 1. The third kappa shape index (κ3) is 3.57. The van der Waals surface area contributed by atoms with Crippen molar-refractivity contribution in [3.63, 3.8) is 0 Å². The average Bonchev–Trinajstić information content (AvgIpc) is 2.48. The molecule has 0 spiro atoms. The Balaban J connectivity index is 2.11. The van der Waals surface area contributed by atoms with Crippen LogP contribution in [0.3, 0.4) is 0 Å². The summed E-state index contributed by atoms with van der Waals surface area (Å²) in [5.41, 5.74) is 2.26. The predicted octanol–water partition coefficient (Wildman–Crippen LogP) is 1.77. The first-order valence-corrected chi connectivity index (χ1v) is 6.07. The first-order chi connectivity index (χ1) is 10.5. The monoisotopic (exact) mass is 301 g/mol. The van der Waals surface area contributed by atoms with Crippen molar-refractivity contribution in [3.8, 4) is 11.5 Å². The van der Waals surface area contributed by atoms with Gasteiger partial charge in [-0.3, -0.25) is 14.9 Å². The molecule has 3 N–H and O–H groups in total. The molecule has 0 fully saturated rings. The lowest BCUT2D eigenvalue weighted by Gasteiger charge is -2.01. The molecule has 0 aromatic heterocycles. The summed E-state index contributed by atoms with van der Waals surface area (Å²) in [6, 6.07) is 9.10. The highest BCUT2D eigenvalue weighted by Crippen LogP contribution is 2.21. The SMILES string of the molecule is O=C(N/N=C/c1cc([N+](=O)[O-])ccc1O)c1cccc(O)c1. The number of phenolic OH excluding ortho intramolecular Hbond substituents is 2. The van der Waals surface area contributed by atoms with Crippen molar-refractivity contribution in [1.29, 1.82) is 0 Å². The Morgan fingerprint density at radius 1 is 1.23 bits per heavy atom. The molecule has 0 bridgehead atoms. The van der Waals surface area contributed by atoms with E-state index in [1.807, 2.05) is 0 Å². The summed E-state index contributed by atoms with van der Waals surface area (Å²) in [6.07, 6.45) is 1.09. The first kappa shape index (κ1) is 15.0. The van der Waals surface area contributed by atoms with E-state index in [0.717, 1.165) is 24.4 Å². The number of amides is 1. The van der Waals surface area contributed by atoms with Crippen molar-refractivity contribution in [2.24, 2.45) is 5.10 Å². The molecule has 0 saturated carbocycles. The van der Waals surface area contributed by atoms with Gasteiger partial charge in [0.1, 0.15) is 11.5 Å². The number of carbonyl (C=O) groups excluding carboxylic acids is 1. The van der Waals surface area contributed by atoms with Gasteiger partial charge in [0.2, 0.25) is 0 Å². The van der Waals surface area contributed by atoms with Crippen molar-refractivity contribution in [3.05, 3.63) is 63.7 Å². The van der Waals surface area contributed by atoms with Gasteiger partial charge in [-0.2, -0.15) is 5.10 Å². The Kier molecular flexibility index (Phi) is 4.33. The van der Waals surface area contributed by atoms with E-state index >= 15 is 0 Å². The molecule has 0 heterocycles. The molecule has 0 radical (unpaired) electrons. The molecule has 2 aromatic carbocycles. The number of nitro groups is 1. The van der Waals surface area contributed by atoms with E-state index < -0.39 is 10.8 Å². The number of rotatable bonds is 4. The number of hydrogen-bond donors (Lipinski definition) is 3.